The fourth-order valence-electron chi connectivity index (χ4n) is 2.79. The number of ether oxygens (including phenoxy) is 1. The van der Waals surface area contributed by atoms with Crippen molar-refractivity contribution in [2.75, 3.05) is 6.61 Å². The quantitative estimate of drug-likeness (QED) is 0.926. The van der Waals surface area contributed by atoms with Gasteiger partial charge in [-0.05, 0) is 50.5 Å². The fraction of sp³-hybridized carbons (Fsp3) is 0.471. The lowest BCUT2D eigenvalue weighted by atomic mass is 10.1. The lowest BCUT2D eigenvalue weighted by Gasteiger charge is -2.20. The molecule has 1 N–H and O–H groups in total. The summed E-state index contributed by atoms with van der Waals surface area (Å²) in [5.74, 6) is 0. The highest BCUT2D eigenvalue weighted by Crippen LogP contribution is 2.17. The van der Waals surface area contributed by atoms with Gasteiger partial charge in [0.2, 0.25) is 0 Å². The van der Waals surface area contributed by atoms with E-state index in [1.807, 2.05) is 6.92 Å². The van der Waals surface area contributed by atoms with Crippen molar-refractivity contribution < 1.29 is 4.74 Å². The van der Waals surface area contributed by atoms with Crippen LogP contribution >= 0.6 is 0 Å². The van der Waals surface area contributed by atoms with Crippen molar-refractivity contribution in [3.8, 4) is 0 Å². The third kappa shape index (κ3) is 3.00. The number of hydrogen-bond donors (Lipinski definition) is 1. The molecule has 0 amide bonds. The zero-order chi connectivity index (χ0) is 13.9. The first kappa shape index (κ1) is 13.5. The Morgan fingerprint density at radius 1 is 1.35 bits per heavy atom. The molecule has 0 aliphatic carbocycles. The van der Waals surface area contributed by atoms with Crippen LogP contribution in [0.4, 0.5) is 0 Å². The summed E-state index contributed by atoms with van der Waals surface area (Å²) in [5, 5.41) is 4.78. The largest absolute Gasteiger partial charge is 0.377 e. The van der Waals surface area contributed by atoms with Gasteiger partial charge in [-0.25, -0.2) is 0 Å². The SMILES string of the molecule is Cc1ccc2cc(CNC(C)C3CCCO3)ccc2n1. The number of fused-ring (bicyclic) bond motifs is 1. The minimum Gasteiger partial charge on any atom is -0.377 e. The van der Waals surface area contributed by atoms with Gasteiger partial charge >= 0.3 is 0 Å². The smallest absolute Gasteiger partial charge is 0.0726 e. The van der Waals surface area contributed by atoms with Crippen LogP contribution < -0.4 is 5.32 Å². The molecule has 1 saturated heterocycles. The van der Waals surface area contributed by atoms with E-state index in [0.29, 0.717) is 12.1 Å². The van der Waals surface area contributed by atoms with Gasteiger partial charge in [-0.1, -0.05) is 12.1 Å². The molecule has 1 aromatic carbocycles. The number of hydrogen-bond acceptors (Lipinski definition) is 3. The van der Waals surface area contributed by atoms with E-state index in [1.54, 1.807) is 0 Å². The molecule has 2 heterocycles. The first-order valence-corrected chi connectivity index (χ1v) is 7.44. The van der Waals surface area contributed by atoms with E-state index in [1.165, 1.54) is 23.8 Å². The normalized spacial score (nSPS) is 20.4. The summed E-state index contributed by atoms with van der Waals surface area (Å²) < 4.78 is 5.71. The van der Waals surface area contributed by atoms with E-state index < -0.39 is 0 Å². The van der Waals surface area contributed by atoms with Crippen LogP contribution in [0.3, 0.4) is 0 Å². The van der Waals surface area contributed by atoms with Crippen LogP contribution in [0.1, 0.15) is 31.0 Å². The van der Waals surface area contributed by atoms with Gasteiger partial charge in [0, 0.05) is 30.3 Å². The van der Waals surface area contributed by atoms with E-state index in [4.69, 9.17) is 4.74 Å². The average molecular weight is 270 g/mol. The second kappa shape index (κ2) is 5.90. The Morgan fingerprint density at radius 3 is 3.05 bits per heavy atom. The van der Waals surface area contributed by atoms with Crippen molar-refractivity contribution in [3.05, 3.63) is 41.6 Å². The number of rotatable bonds is 4. The molecule has 20 heavy (non-hydrogen) atoms. The van der Waals surface area contributed by atoms with Crippen molar-refractivity contribution >= 4 is 10.9 Å². The van der Waals surface area contributed by atoms with Crippen LogP contribution in [0.2, 0.25) is 0 Å². The number of nitrogens with one attached hydrogen (secondary N) is 1. The van der Waals surface area contributed by atoms with Crippen LogP contribution in [-0.2, 0) is 11.3 Å². The van der Waals surface area contributed by atoms with Crippen LogP contribution in [0.15, 0.2) is 30.3 Å². The maximum Gasteiger partial charge on any atom is 0.0726 e. The fourth-order valence-corrected chi connectivity index (χ4v) is 2.79. The second-order valence-corrected chi connectivity index (χ2v) is 5.70. The Hall–Kier alpha value is -1.45. The van der Waals surface area contributed by atoms with Crippen molar-refractivity contribution in [1.29, 1.82) is 0 Å². The molecule has 0 bridgehead atoms. The monoisotopic (exact) mass is 270 g/mol. The number of nitrogens with zero attached hydrogens (tertiary/aromatic N) is 1. The van der Waals surface area contributed by atoms with E-state index in [-0.39, 0.29) is 0 Å². The van der Waals surface area contributed by atoms with Crippen LogP contribution in [0, 0.1) is 6.92 Å². The summed E-state index contributed by atoms with van der Waals surface area (Å²) in [7, 11) is 0. The van der Waals surface area contributed by atoms with Gasteiger partial charge in [-0.3, -0.25) is 4.98 Å². The van der Waals surface area contributed by atoms with Gasteiger partial charge in [0.25, 0.3) is 0 Å². The molecule has 2 atom stereocenters. The highest BCUT2D eigenvalue weighted by atomic mass is 16.5. The molecule has 3 rings (SSSR count). The third-order valence-electron chi connectivity index (χ3n) is 4.04. The number of benzene rings is 1. The van der Waals surface area contributed by atoms with Crippen LogP contribution in [0.5, 0.6) is 0 Å². The molecule has 0 spiro atoms. The first-order chi connectivity index (χ1) is 9.72. The van der Waals surface area contributed by atoms with Crippen LogP contribution in [0.25, 0.3) is 10.9 Å². The summed E-state index contributed by atoms with van der Waals surface area (Å²) in [6.07, 6.45) is 2.74. The van der Waals surface area contributed by atoms with Crippen molar-refractivity contribution in [2.45, 2.75) is 45.4 Å². The van der Waals surface area contributed by atoms with Gasteiger partial charge < -0.3 is 10.1 Å². The molecule has 1 aliphatic heterocycles. The van der Waals surface area contributed by atoms with Crippen molar-refractivity contribution in [1.82, 2.24) is 10.3 Å². The summed E-state index contributed by atoms with van der Waals surface area (Å²) >= 11 is 0. The standard InChI is InChI=1S/C17H22N2O/c1-12-5-7-15-10-14(6-8-16(15)19-12)11-18-13(2)17-4-3-9-20-17/h5-8,10,13,17-18H,3-4,9,11H2,1-2H3. The maximum atomic E-state index is 5.71. The predicted octanol–water partition coefficient (Wildman–Crippen LogP) is 3.20. The topological polar surface area (TPSA) is 34.1 Å². The van der Waals surface area contributed by atoms with Gasteiger partial charge in [0.05, 0.1) is 11.6 Å². The van der Waals surface area contributed by atoms with Gasteiger partial charge in [0.1, 0.15) is 0 Å². The molecular formula is C17H22N2O. The number of aromatic nitrogens is 1. The number of pyridine rings is 1. The predicted molar refractivity (Wildman–Crippen MR) is 81.8 cm³/mol. The molecule has 2 unspecified atom stereocenters. The molecule has 0 saturated carbocycles. The molecule has 1 fully saturated rings. The molecular weight excluding hydrogens is 248 g/mol. The second-order valence-electron chi connectivity index (χ2n) is 5.70. The minimum absolute atomic E-state index is 0.375. The summed E-state index contributed by atoms with van der Waals surface area (Å²) in [4.78, 5) is 4.53. The number of aryl methyl sites for hydroxylation is 1. The Bertz CT molecular complexity index is 591. The van der Waals surface area contributed by atoms with E-state index in [0.717, 1.165) is 24.4 Å². The Balaban J connectivity index is 1.66. The van der Waals surface area contributed by atoms with Crippen molar-refractivity contribution in [3.63, 3.8) is 0 Å². The Kier molecular flexibility index (Phi) is 3.99. The van der Waals surface area contributed by atoms with E-state index >= 15 is 0 Å². The van der Waals surface area contributed by atoms with Crippen LogP contribution in [-0.4, -0.2) is 23.7 Å². The maximum absolute atomic E-state index is 5.71. The highest BCUT2D eigenvalue weighted by Gasteiger charge is 2.21. The zero-order valence-electron chi connectivity index (χ0n) is 12.2. The van der Waals surface area contributed by atoms with Crippen molar-refractivity contribution in [2.24, 2.45) is 0 Å². The average Bonchev–Trinajstić information content (AvgIpc) is 2.99. The molecule has 106 valence electrons. The molecule has 0 radical (unpaired) electrons. The van der Waals surface area contributed by atoms with Gasteiger partial charge in [0.15, 0.2) is 0 Å². The summed E-state index contributed by atoms with van der Waals surface area (Å²) in [6.45, 7) is 6.03. The summed E-state index contributed by atoms with van der Waals surface area (Å²) in [5.41, 5.74) is 3.43. The molecule has 1 aromatic heterocycles. The minimum atomic E-state index is 0.375. The lowest BCUT2D eigenvalue weighted by molar-refractivity contribution is 0.0832. The third-order valence-corrected chi connectivity index (χ3v) is 4.04. The zero-order valence-corrected chi connectivity index (χ0v) is 12.2. The van der Waals surface area contributed by atoms with Gasteiger partial charge in [-0.2, -0.15) is 0 Å². The Morgan fingerprint density at radius 2 is 2.25 bits per heavy atom. The summed E-state index contributed by atoms with van der Waals surface area (Å²) in [6, 6.07) is 11.1. The lowest BCUT2D eigenvalue weighted by Crippen LogP contribution is -2.36. The first-order valence-electron chi connectivity index (χ1n) is 7.44. The highest BCUT2D eigenvalue weighted by molar-refractivity contribution is 5.79. The molecule has 1 aliphatic rings. The molecule has 3 heteroatoms. The van der Waals surface area contributed by atoms with E-state index in [2.05, 4.69) is 47.6 Å². The molecule has 3 nitrogen and oxygen atoms in total. The van der Waals surface area contributed by atoms with Gasteiger partial charge in [-0.15, -0.1) is 0 Å². The Labute approximate surface area is 120 Å². The molecule has 2 aromatic rings. The van der Waals surface area contributed by atoms with E-state index in [9.17, 15) is 0 Å².